The first-order chi connectivity index (χ1) is 10.0. The zero-order chi connectivity index (χ0) is 15.3. The Morgan fingerprint density at radius 3 is 2.48 bits per heavy atom. The molecule has 1 atom stereocenters. The van der Waals surface area contributed by atoms with Gasteiger partial charge in [-0.2, -0.15) is 0 Å². The molecule has 0 radical (unpaired) electrons. The fraction of sp³-hybridized carbons (Fsp3) is 0.938. The van der Waals surface area contributed by atoms with Crippen molar-refractivity contribution in [2.45, 2.75) is 70.1 Å². The lowest BCUT2D eigenvalue weighted by Crippen LogP contribution is -2.54. The molecule has 0 aromatic heterocycles. The molecule has 2 fully saturated rings. The van der Waals surface area contributed by atoms with E-state index in [1.165, 1.54) is 0 Å². The molecule has 5 nitrogen and oxygen atoms in total. The van der Waals surface area contributed by atoms with Gasteiger partial charge in [-0.05, 0) is 31.6 Å². The van der Waals surface area contributed by atoms with Crippen LogP contribution in [0, 0.1) is 5.92 Å². The Morgan fingerprint density at radius 2 is 1.90 bits per heavy atom. The average molecular weight is 298 g/mol. The Morgan fingerprint density at radius 1 is 1.29 bits per heavy atom. The third kappa shape index (κ3) is 4.94. The highest BCUT2D eigenvalue weighted by atomic mass is 16.5. The third-order valence-electron chi connectivity index (χ3n) is 4.71. The minimum atomic E-state index is -0.685. The Bertz CT molecular complexity index is 334. The summed E-state index contributed by atoms with van der Waals surface area (Å²) in [6.07, 6.45) is 5.63. The molecule has 2 aliphatic rings. The van der Waals surface area contributed by atoms with Crippen LogP contribution in [0.5, 0.6) is 0 Å². The van der Waals surface area contributed by atoms with Crippen LogP contribution in [-0.2, 0) is 9.53 Å². The van der Waals surface area contributed by atoms with Crippen molar-refractivity contribution in [2.75, 3.05) is 19.8 Å². The van der Waals surface area contributed by atoms with E-state index in [4.69, 9.17) is 4.74 Å². The number of ether oxygens (including phenoxy) is 1. The molecule has 21 heavy (non-hydrogen) atoms. The molecule has 1 unspecified atom stereocenters. The van der Waals surface area contributed by atoms with Crippen LogP contribution in [0.1, 0.15) is 52.4 Å². The number of nitrogens with one attached hydrogen (secondary N) is 2. The first-order valence-electron chi connectivity index (χ1n) is 8.34. The molecule has 1 aliphatic heterocycles. The molecule has 0 aromatic carbocycles. The zero-order valence-electron chi connectivity index (χ0n) is 13.4. The molecule has 2 rings (SSSR count). The summed E-state index contributed by atoms with van der Waals surface area (Å²) in [7, 11) is 0. The van der Waals surface area contributed by atoms with Gasteiger partial charge >= 0.3 is 0 Å². The van der Waals surface area contributed by atoms with Gasteiger partial charge in [0.15, 0.2) is 0 Å². The number of amides is 1. The summed E-state index contributed by atoms with van der Waals surface area (Å²) in [5.74, 6) is 0.239. The highest BCUT2D eigenvalue weighted by molar-refractivity contribution is 5.82. The summed E-state index contributed by atoms with van der Waals surface area (Å²) in [5, 5.41) is 16.8. The van der Waals surface area contributed by atoms with Gasteiger partial charge in [0.2, 0.25) is 5.91 Å². The maximum atomic E-state index is 12.4. The van der Waals surface area contributed by atoms with Crippen LogP contribution in [0.2, 0.25) is 0 Å². The van der Waals surface area contributed by atoms with Crippen molar-refractivity contribution in [3.63, 3.8) is 0 Å². The largest absolute Gasteiger partial charge is 0.388 e. The molecule has 1 aliphatic carbocycles. The zero-order valence-corrected chi connectivity index (χ0v) is 13.4. The first kappa shape index (κ1) is 16.7. The summed E-state index contributed by atoms with van der Waals surface area (Å²) in [4.78, 5) is 12.4. The minimum Gasteiger partial charge on any atom is -0.388 e. The maximum Gasteiger partial charge on any atom is 0.237 e. The van der Waals surface area contributed by atoms with Crippen molar-refractivity contribution in [1.82, 2.24) is 10.6 Å². The Hall–Kier alpha value is -0.650. The van der Waals surface area contributed by atoms with Gasteiger partial charge < -0.3 is 20.5 Å². The van der Waals surface area contributed by atoms with E-state index in [0.717, 1.165) is 51.7 Å². The van der Waals surface area contributed by atoms with E-state index in [2.05, 4.69) is 24.5 Å². The number of hydrogen-bond acceptors (Lipinski definition) is 4. The van der Waals surface area contributed by atoms with Gasteiger partial charge in [0.05, 0.1) is 11.6 Å². The minimum absolute atomic E-state index is 0.0109. The average Bonchev–Trinajstić information content (AvgIpc) is 2.90. The van der Waals surface area contributed by atoms with Gasteiger partial charge in [0.1, 0.15) is 0 Å². The lowest BCUT2D eigenvalue weighted by atomic mass is 9.98. The number of hydrogen-bond donors (Lipinski definition) is 3. The van der Waals surface area contributed by atoms with E-state index in [1.807, 2.05) is 0 Å². The van der Waals surface area contributed by atoms with Crippen molar-refractivity contribution in [1.29, 1.82) is 0 Å². The highest BCUT2D eigenvalue weighted by Gasteiger charge is 2.33. The molecule has 0 bridgehead atoms. The normalized spacial score (nSPS) is 24.2. The predicted molar refractivity (Wildman–Crippen MR) is 82.0 cm³/mol. The molecule has 3 N–H and O–H groups in total. The first-order valence-corrected chi connectivity index (χ1v) is 8.34. The Balaban J connectivity index is 1.83. The highest BCUT2D eigenvalue weighted by Crippen LogP contribution is 2.28. The van der Waals surface area contributed by atoms with E-state index >= 15 is 0 Å². The van der Waals surface area contributed by atoms with Crippen molar-refractivity contribution < 1.29 is 14.6 Å². The molecule has 1 saturated carbocycles. The van der Waals surface area contributed by atoms with Crippen LogP contribution in [0.25, 0.3) is 0 Å². The number of carbonyl (C=O) groups excluding carboxylic acids is 1. The SMILES string of the molecule is CC(C)C(NC1CCOCC1)C(=O)NCC1(O)CCCC1. The topological polar surface area (TPSA) is 70.6 Å². The predicted octanol–water partition coefficient (Wildman–Crippen LogP) is 1.20. The van der Waals surface area contributed by atoms with Crippen molar-refractivity contribution in [3.05, 3.63) is 0 Å². The lowest BCUT2D eigenvalue weighted by Gasteiger charge is -2.31. The number of carbonyl (C=O) groups is 1. The van der Waals surface area contributed by atoms with Crippen LogP contribution in [0.4, 0.5) is 0 Å². The van der Waals surface area contributed by atoms with Gasteiger partial charge in [-0.3, -0.25) is 4.79 Å². The second-order valence-corrected chi connectivity index (χ2v) is 6.92. The van der Waals surface area contributed by atoms with Gasteiger partial charge in [-0.15, -0.1) is 0 Å². The molecule has 1 saturated heterocycles. The van der Waals surface area contributed by atoms with Gasteiger partial charge in [0.25, 0.3) is 0 Å². The van der Waals surface area contributed by atoms with Crippen molar-refractivity contribution in [2.24, 2.45) is 5.92 Å². The molecule has 5 heteroatoms. The summed E-state index contributed by atoms with van der Waals surface area (Å²) >= 11 is 0. The van der Waals surface area contributed by atoms with Gasteiger partial charge in [-0.1, -0.05) is 26.7 Å². The molecular weight excluding hydrogens is 268 g/mol. The van der Waals surface area contributed by atoms with E-state index in [1.54, 1.807) is 0 Å². The summed E-state index contributed by atoms with van der Waals surface area (Å²) in [6, 6.07) is 0.157. The van der Waals surface area contributed by atoms with E-state index in [0.29, 0.717) is 12.6 Å². The third-order valence-corrected chi connectivity index (χ3v) is 4.71. The van der Waals surface area contributed by atoms with Gasteiger partial charge in [-0.25, -0.2) is 0 Å². The second kappa shape index (κ2) is 7.56. The van der Waals surface area contributed by atoms with Gasteiger partial charge in [0, 0.05) is 25.8 Å². The smallest absolute Gasteiger partial charge is 0.237 e. The molecule has 0 aromatic rings. The van der Waals surface area contributed by atoms with Crippen molar-refractivity contribution >= 4 is 5.91 Å². The Kier molecular flexibility index (Phi) is 6.02. The van der Waals surface area contributed by atoms with Crippen LogP contribution in [0.15, 0.2) is 0 Å². The quantitative estimate of drug-likeness (QED) is 0.689. The molecular formula is C16H30N2O3. The lowest BCUT2D eigenvalue weighted by molar-refractivity contribution is -0.125. The molecule has 1 amide bonds. The van der Waals surface area contributed by atoms with Crippen LogP contribution < -0.4 is 10.6 Å². The molecule has 0 spiro atoms. The van der Waals surface area contributed by atoms with E-state index < -0.39 is 5.60 Å². The number of rotatable bonds is 6. The van der Waals surface area contributed by atoms with Crippen LogP contribution in [-0.4, -0.2) is 48.5 Å². The summed E-state index contributed by atoms with van der Waals surface area (Å²) in [5.41, 5.74) is -0.685. The fourth-order valence-corrected chi connectivity index (χ4v) is 3.26. The summed E-state index contributed by atoms with van der Waals surface area (Å²) in [6.45, 7) is 6.03. The maximum absolute atomic E-state index is 12.4. The van der Waals surface area contributed by atoms with E-state index in [-0.39, 0.29) is 17.9 Å². The summed E-state index contributed by atoms with van der Waals surface area (Å²) < 4.78 is 5.36. The van der Waals surface area contributed by atoms with Crippen LogP contribution in [0.3, 0.4) is 0 Å². The molecule has 1 heterocycles. The number of aliphatic hydroxyl groups is 1. The Labute approximate surface area is 127 Å². The fourth-order valence-electron chi connectivity index (χ4n) is 3.26. The van der Waals surface area contributed by atoms with Crippen LogP contribution >= 0.6 is 0 Å². The molecule has 122 valence electrons. The van der Waals surface area contributed by atoms with Crippen molar-refractivity contribution in [3.8, 4) is 0 Å². The second-order valence-electron chi connectivity index (χ2n) is 6.92. The standard InChI is InChI=1S/C16H30N2O3/c1-12(2)14(18-13-5-9-21-10-6-13)15(19)17-11-16(20)7-3-4-8-16/h12-14,18,20H,3-11H2,1-2H3,(H,17,19). The monoisotopic (exact) mass is 298 g/mol. The van der Waals surface area contributed by atoms with E-state index in [9.17, 15) is 9.90 Å².